The molecule has 122 valence electrons. The fraction of sp³-hybridized carbons (Fsp3) is 0.500. The molecule has 1 aromatic carbocycles. The van der Waals surface area contributed by atoms with Crippen LogP contribution < -0.4 is 0 Å². The zero-order valence-corrected chi connectivity index (χ0v) is 15.0. The second-order valence-electron chi connectivity index (χ2n) is 6.24. The number of esters is 1. The molecule has 0 aliphatic rings. The minimum absolute atomic E-state index is 0.155. The van der Waals surface area contributed by atoms with Crippen molar-refractivity contribution in [3.63, 3.8) is 0 Å². The number of carbonyl (C=O) groups is 2. The standard InChI is InChI=1S/C16H21BrFNO3/c1-10(2)19(9-14(20)22-16(3,4)5)15(21)12-7-6-11(18)8-13(12)17/h6-8,10H,9H2,1-5H3. The van der Waals surface area contributed by atoms with Gasteiger partial charge in [-0.3, -0.25) is 9.59 Å². The summed E-state index contributed by atoms with van der Waals surface area (Å²) in [6, 6.07) is 3.63. The Bertz CT molecular complexity index is 567. The van der Waals surface area contributed by atoms with Crippen LogP contribution in [0.2, 0.25) is 0 Å². The van der Waals surface area contributed by atoms with Crippen molar-refractivity contribution in [2.75, 3.05) is 6.54 Å². The quantitative estimate of drug-likeness (QED) is 0.754. The van der Waals surface area contributed by atoms with Gasteiger partial charge >= 0.3 is 5.97 Å². The lowest BCUT2D eigenvalue weighted by Crippen LogP contribution is -2.42. The molecule has 0 aliphatic heterocycles. The molecule has 0 fully saturated rings. The summed E-state index contributed by atoms with van der Waals surface area (Å²) in [6.07, 6.45) is 0. The van der Waals surface area contributed by atoms with Gasteiger partial charge in [0.05, 0.1) is 5.56 Å². The number of carbonyl (C=O) groups excluding carboxylic acids is 2. The molecule has 0 saturated carbocycles. The van der Waals surface area contributed by atoms with E-state index in [1.54, 1.807) is 34.6 Å². The fourth-order valence-electron chi connectivity index (χ4n) is 1.82. The Morgan fingerprint density at radius 2 is 1.91 bits per heavy atom. The molecule has 0 aromatic heterocycles. The van der Waals surface area contributed by atoms with Crippen LogP contribution in [0.15, 0.2) is 22.7 Å². The second-order valence-corrected chi connectivity index (χ2v) is 7.09. The van der Waals surface area contributed by atoms with E-state index in [2.05, 4.69) is 15.9 Å². The lowest BCUT2D eigenvalue weighted by molar-refractivity contribution is -0.155. The van der Waals surface area contributed by atoms with E-state index in [0.717, 1.165) is 0 Å². The first-order chi connectivity index (χ1) is 10.0. The van der Waals surface area contributed by atoms with E-state index in [-0.39, 0.29) is 18.5 Å². The largest absolute Gasteiger partial charge is 0.459 e. The van der Waals surface area contributed by atoms with E-state index in [0.29, 0.717) is 10.0 Å². The molecular weight excluding hydrogens is 353 g/mol. The number of hydrogen-bond donors (Lipinski definition) is 0. The number of rotatable bonds is 4. The highest BCUT2D eigenvalue weighted by atomic mass is 79.9. The van der Waals surface area contributed by atoms with Crippen LogP contribution in [0.4, 0.5) is 4.39 Å². The first-order valence-electron chi connectivity index (χ1n) is 6.99. The molecule has 0 spiro atoms. The van der Waals surface area contributed by atoms with Gasteiger partial charge in [0.25, 0.3) is 5.91 Å². The van der Waals surface area contributed by atoms with Crippen molar-refractivity contribution in [1.82, 2.24) is 4.90 Å². The summed E-state index contributed by atoms with van der Waals surface area (Å²) in [5, 5.41) is 0. The van der Waals surface area contributed by atoms with Crippen molar-refractivity contribution in [2.24, 2.45) is 0 Å². The number of benzene rings is 1. The van der Waals surface area contributed by atoms with Crippen LogP contribution in [-0.4, -0.2) is 35.0 Å². The minimum Gasteiger partial charge on any atom is -0.459 e. The third-order valence-electron chi connectivity index (χ3n) is 2.77. The number of ether oxygens (including phenoxy) is 1. The van der Waals surface area contributed by atoms with Crippen molar-refractivity contribution < 1.29 is 18.7 Å². The zero-order valence-electron chi connectivity index (χ0n) is 13.4. The van der Waals surface area contributed by atoms with Crippen molar-refractivity contribution in [1.29, 1.82) is 0 Å². The van der Waals surface area contributed by atoms with Crippen LogP contribution in [0.5, 0.6) is 0 Å². The van der Waals surface area contributed by atoms with Gasteiger partial charge in [0.2, 0.25) is 0 Å². The molecule has 4 nitrogen and oxygen atoms in total. The summed E-state index contributed by atoms with van der Waals surface area (Å²) in [7, 11) is 0. The summed E-state index contributed by atoms with van der Waals surface area (Å²) < 4.78 is 18.7. The van der Waals surface area contributed by atoms with E-state index in [4.69, 9.17) is 4.74 Å². The highest BCUT2D eigenvalue weighted by Crippen LogP contribution is 2.21. The van der Waals surface area contributed by atoms with Gasteiger partial charge in [-0.25, -0.2) is 4.39 Å². The van der Waals surface area contributed by atoms with Crippen LogP contribution >= 0.6 is 15.9 Å². The minimum atomic E-state index is -0.612. The lowest BCUT2D eigenvalue weighted by Gasteiger charge is -2.28. The Morgan fingerprint density at radius 3 is 2.36 bits per heavy atom. The summed E-state index contributed by atoms with van der Waals surface area (Å²) >= 11 is 3.18. The van der Waals surface area contributed by atoms with Gasteiger partial charge in [-0.15, -0.1) is 0 Å². The number of nitrogens with zero attached hydrogens (tertiary/aromatic N) is 1. The van der Waals surface area contributed by atoms with Gasteiger partial charge in [0.15, 0.2) is 0 Å². The molecule has 22 heavy (non-hydrogen) atoms. The van der Waals surface area contributed by atoms with Crippen LogP contribution in [0.25, 0.3) is 0 Å². The van der Waals surface area contributed by atoms with Gasteiger partial charge in [-0.2, -0.15) is 0 Å². The lowest BCUT2D eigenvalue weighted by atomic mass is 10.1. The third-order valence-corrected chi connectivity index (χ3v) is 3.42. The average molecular weight is 374 g/mol. The predicted octanol–water partition coefficient (Wildman–Crippen LogP) is 3.78. The molecule has 6 heteroatoms. The second kappa shape index (κ2) is 7.22. The molecule has 0 atom stereocenters. The van der Waals surface area contributed by atoms with Crippen molar-refractivity contribution >= 4 is 27.8 Å². The first-order valence-corrected chi connectivity index (χ1v) is 7.78. The van der Waals surface area contributed by atoms with Crippen LogP contribution in [0.1, 0.15) is 45.0 Å². The Hall–Kier alpha value is -1.43. The molecule has 1 rings (SSSR count). The van der Waals surface area contributed by atoms with Crippen molar-refractivity contribution in [3.05, 3.63) is 34.1 Å². The molecule has 0 radical (unpaired) electrons. The number of hydrogen-bond acceptors (Lipinski definition) is 3. The normalized spacial score (nSPS) is 11.5. The monoisotopic (exact) mass is 373 g/mol. The maximum atomic E-state index is 13.1. The van der Waals surface area contributed by atoms with Crippen LogP contribution in [0, 0.1) is 5.82 Å². The summed E-state index contributed by atoms with van der Waals surface area (Å²) in [6.45, 7) is 8.76. The summed E-state index contributed by atoms with van der Waals surface area (Å²) in [4.78, 5) is 25.9. The average Bonchev–Trinajstić information content (AvgIpc) is 2.32. The SMILES string of the molecule is CC(C)N(CC(=O)OC(C)(C)C)C(=O)c1ccc(F)cc1Br. The van der Waals surface area contributed by atoms with Crippen LogP contribution in [0.3, 0.4) is 0 Å². The summed E-state index contributed by atoms with van der Waals surface area (Å²) in [5.41, 5.74) is -0.308. The maximum Gasteiger partial charge on any atom is 0.326 e. The van der Waals surface area contributed by atoms with Gasteiger partial charge in [0, 0.05) is 10.5 Å². The molecule has 0 N–H and O–H groups in total. The smallest absolute Gasteiger partial charge is 0.326 e. The van der Waals surface area contributed by atoms with Crippen molar-refractivity contribution in [3.8, 4) is 0 Å². The Kier molecular flexibility index (Phi) is 6.11. The highest BCUT2D eigenvalue weighted by Gasteiger charge is 2.26. The summed E-state index contributed by atoms with van der Waals surface area (Å²) in [5.74, 6) is -1.27. The Balaban J connectivity index is 2.95. The Labute approximate surface area is 138 Å². The third kappa shape index (κ3) is 5.40. The highest BCUT2D eigenvalue weighted by molar-refractivity contribution is 9.10. The first kappa shape index (κ1) is 18.6. The molecule has 0 bridgehead atoms. The van der Waals surface area contributed by atoms with Gasteiger partial charge in [0.1, 0.15) is 18.0 Å². The Morgan fingerprint density at radius 1 is 1.32 bits per heavy atom. The van der Waals surface area contributed by atoms with E-state index < -0.39 is 17.4 Å². The van der Waals surface area contributed by atoms with Gasteiger partial charge in [-0.05, 0) is 68.7 Å². The molecular formula is C16H21BrFNO3. The number of amides is 1. The molecule has 0 saturated heterocycles. The predicted molar refractivity (Wildman–Crippen MR) is 86.1 cm³/mol. The zero-order chi connectivity index (χ0) is 17.1. The van der Waals surface area contributed by atoms with Crippen molar-refractivity contribution in [2.45, 2.75) is 46.3 Å². The fourth-order valence-corrected chi connectivity index (χ4v) is 2.34. The molecule has 0 aliphatic carbocycles. The molecule has 0 unspecified atom stereocenters. The molecule has 1 amide bonds. The van der Waals surface area contributed by atoms with E-state index >= 15 is 0 Å². The maximum absolute atomic E-state index is 13.1. The molecule has 1 aromatic rings. The number of halogens is 2. The van der Waals surface area contributed by atoms with Gasteiger partial charge < -0.3 is 9.64 Å². The molecule has 0 heterocycles. The van der Waals surface area contributed by atoms with Gasteiger partial charge in [-0.1, -0.05) is 0 Å². The van der Waals surface area contributed by atoms with E-state index in [1.807, 2.05) is 0 Å². The topological polar surface area (TPSA) is 46.6 Å². The van der Waals surface area contributed by atoms with E-state index in [9.17, 15) is 14.0 Å². The van der Waals surface area contributed by atoms with E-state index in [1.165, 1.54) is 23.1 Å². The van der Waals surface area contributed by atoms with Crippen LogP contribution in [-0.2, 0) is 9.53 Å².